The molecule has 0 atom stereocenters. The van der Waals surface area contributed by atoms with Crippen LogP contribution in [0.15, 0.2) is 83.4 Å². The summed E-state index contributed by atoms with van der Waals surface area (Å²) in [6, 6.07) is 23.5. The summed E-state index contributed by atoms with van der Waals surface area (Å²) in [6.07, 6.45) is 2.74. The van der Waals surface area contributed by atoms with Crippen LogP contribution >= 0.6 is 0 Å². The molecular formula is C27H24N2O3. The zero-order chi connectivity index (χ0) is 21.9. The second-order valence-electron chi connectivity index (χ2n) is 7.63. The summed E-state index contributed by atoms with van der Waals surface area (Å²) in [5.74, 6) is 1.13. The SMILES string of the molecule is CCOc1ccc2oc(-c3ccccc3)c(C(=O)NCCc3c[nH]c4ccccc34)c2c1. The van der Waals surface area contributed by atoms with Crippen LogP contribution in [0.3, 0.4) is 0 Å². The molecule has 0 aliphatic rings. The topological polar surface area (TPSA) is 67.3 Å². The Kier molecular flexibility index (Phi) is 5.38. The van der Waals surface area contributed by atoms with E-state index < -0.39 is 0 Å². The van der Waals surface area contributed by atoms with Gasteiger partial charge in [0.2, 0.25) is 0 Å². The zero-order valence-corrected chi connectivity index (χ0v) is 17.9. The summed E-state index contributed by atoms with van der Waals surface area (Å²) in [7, 11) is 0. The number of carbonyl (C=O) groups is 1. The average Bonchev–Trinajstić information content (AvgIpc) is 3.41. The Morgan fingerprint density at radius 3 is 2.66 bits per heavy atom. The summed E-state index contributed by atoms with van der Waals surface area (Å²) in [4.78, 5) is 16.6. The molecule has 0 bridgehead atoms. The Bertz CT molecular complexity index is 1380. The van der Waals surface area contributed by atoms with Gasteiger partial charge in [-0.25, -0.2) is 0 Å². The molecule has 5 heteroatoms. The van der Waals surface area contributed by atoms with Gasteiger partial charge >= 0.3 is 0 Å². The van der Waals surface area contributed by atoms with E-state index in [0.717, 1.165) is 22.9 Å². The number of nitrogens with one attached hydrogen (secondary N) is 2. The number of aromatic amines is 1. The van der Waals surface area contributed by atoms with Crippen molar-refractivity contribution < 1.29 is 13.9 Å². The largest absolute Gasteiger partial charge is 0.494 e. The van der Waals surface area contributed by atoms with Gasteiger partial charge < -0.3 is 19.5 Å². The molecule has 1 amide bonds. The number of carbonyl (C=O) groups excluding carboxylic acids is 1. The molecule has 2 N–H and O–H groups in total. The lowest BCUT2D eigenvalue weighted by atomic mass is 10.0. The maximum atomic E-state index is 13.4. The van der Waals surface area contributed by atoms with E-state index in [-0.39, 0.29) is 5.91 Å². The summed E-state index contributed by atoms with van der Waals surface area (Å²) in [6.45, 7) is 3.01. The predicted octanol–water partition coefficient (Wildman–Crippen LogP) is 5.95. The van der Waals surface area contributed by atoms with Crippen molar-refractivity contribution >= 4 is 27.8 Å². The van der Waals surface area contributed by atoms with Crippen molar-refractivity contribution in [3.63, 3.8) is 0 Å². The highest BCUT2D eigenvalue weighted by Gasteiger charge is 2.22. The van der Waals surface area contributed by atoms with Crippen molar-refractivity contribution in [1.82, 2.24) is 10.3 Å². The monoisotopic (exact) mass is 424 g/mol. The molecule has 5 rings (SSSR count). The minimum Gasteiger partial charge on any atom is -0.494 e. The summed E-state index contributed by atoms with van der Waals surface area (Å²) >= 11 is 0. The molecule has 2 aromatic heterocycles. The Balaban J connectivity index is 1.45. The van der Waals surface area contributed by atoms with Crippen LogP contribution in [0.1, 0.15) is 22.8 Å². The molecule has 0 spiro atoms. The highest BCUT2D eigenvalue weighted by Crippen LogP contribution is 2.35. The minimum absolute atomic E-state index is 0.156. The lowest BCUT2D eigenvalue weighted by molar-refractivity contribution is 0.0956. The van der Waals surface area contributed by atoms with Crippen LogP contribution < -0.4 is 10.1 Å². The van der Waals surface area contributed by atoms with Crippen molar-refractivity contribution in [1.29, 1.82) is 0 Å². The number of ether oxygens (including phenoxy) is 1. The van der Waals surface area contributed by atoms with Crippen LogP contribution in [0.2, 0.25) is 0 Å². The number of hydrogen-bond acceptors (Lipinski definition) is 3. The van der Waals surface area contributed by atoms with Gasteiger partial charge in [0.15, 0.2) is 0 Å². The second-order valence-corrected chi connectivity index (χ2v) is 7.63. The molecule has 0 aliphatic carbocycles. The molecule has 0 unspecified atom stereocenters. The number of aromatic nitrogens is 1. The lowest BCUT2D eigenvalue weighted by Gasteiger charge is -2.07. The highest BCUT2D eigenvalue weighted by atomic mass is 16.5. The fourth-order valence-corrected chi connectivity index (χ4v) is 4.09. The number of hydrogen-bond donors (Lipinski definition) is 2. The van der Waals surface area contributed by atoms with Crippen molar-refractivity contribution in [2.75, 3.05) is 13.2 Å². The Morgan fingerprint density at radius 1 is 1.00 bits per heavy atom. The van der Waals surface area contributed by atoms with Gasteiger partial charge in [-0.15, -0.1) is 0 Å². The standard InChI is InChI=1S/C27H24N2O3/c1-2-31-20-12-13-24-22(16-20)25(26(32-24)18-8-4-3-5-9-18)27(30)28-15-14-19-17-29-23-11-7-6-10-21(19)23/h3-13,16-17,29H,2,14-15H2,1H3,(H,28,30). The molecule has 5 nitrogen and oxygen atoms in total. The molecule has 0 radical (unpaired) electrons. The van der Waals surface area contributed by atoms with Crippen molar-refractivity contribution in [3.05, 3.63) is 90.1 Å². The number of fused-ring (bicyclic) bond motifs is 2. The fraction of sp³-hybridized carbons (Fsp3) is 0.148. The quantitative estimate of drug-likeness (QED) is 0.339. The van der Waals surface area contributed by atoms with Crippen molar-refractivity contribution in [2.45, 2.75) is 13.3 Å². The molecule has 5 aromatic rings. The lowest BCUT2D eigenvalue weighted by Crippen LogP contribution is -2.26. The molecule has 0 saturated carbocycles. The molecule has 0 aliphatic heterocycles. The van der Waals surface area contributed by atoms with Gasteiger partial charge in [0.05, 0.1) is 12.2 Å². The van der Waals surface area contributed by atoms with E-state index in [1.807, 2.05) is 73.8 Å². The third-order valence-corrected chi connectivity index (χ3v) is 5.59. The van der Waals surface area contributed by atoms with Crippen LogP contribution in [0.25, 0.3) is 33.2 Å². The molecular weight excluding hydrogens is 400 g/mol. The molecule has 0 fully saturated rings. The molecule has 3 aromatic carbocycles. The first-order chi connectivity index (χ1) is 15.7. The summed E-state index contributed by atoms with van der Waals surface area (Å²) in [5, 5.41) is 5.02. The number of H-pyrrole nitrogens is 1. The van der Waals surface area contributed by atoms with Crippen molar-refractivity contribution in [3.8, 4) is 17.1 Å². The summed E-state index contributed by atoms with van der Waals surface area (Å²) in [5.41, 5.74) is 4.34. The number of amides is 1. The third kappa shape index (κ3) is 3.73. The van der Waals surface area contributed by atoms with Crippen LogP contribution in [-0.2, 0) is 6.42 Å². The maximum absolute atomic E-state index is 13.4. The number of furan rings is 1. The average molecular weight is 425 g/mol. The van der Waals surface area contributed by atoms with E-state index >= 15 is 0 Å². The maximum Gasteiger partial charge on any atom is 0.255 e. The molecule has 0 saturated heterocycles. The molecule has 160 valence electrons. The minimum atomic E-state index is -0.156. The second kappa shape index (κ2) is 8.63. The first-order valence-electron chi connectivity index (χ1n) is 10.8. The van der Waals surface area contributed by atoms with E-state index in [2.05, 4.69) is 22.4 Å². The normalized spacial score (nSPS) is 11.2. The van der Waals surface area contributed by atoms with E-state index in [4.69, 9.17) is 9.15 Å². The number of benzene rings is 3. The zero-order valence-electron chi connectivity index (χ0n) is 17.9. The first-order valence-corrected chi connectivity index (χ1v) is 10.8. The van der Waals surface area contributed by atoms with Gasteiger partial charge in [0.25, 0.3) is 5.91 Å². The van der Waals surface area contributed by atoms with Gasteiger partial charge in [-0.05, 0) is 43.2 Å². The van der Waals surface area contributed by atoms with Crippen LogP contribution in [0, 0.1) is 0 Å². The molecule has 2 heterocycles. The van der Waals surface area contributed by atoms with E-state index in [1.54, 1.807) is 0 Å². The van der Waals surface area contributed by atoms with Gasteiger partial charge in [-0.2, -0.15) is 0 Å². The Labute approximate surface area is 186 Å². The van der Waals surface area contributed by atoms with Gasteiger partial charge in [-0.3, -0.25) is 4.79 Å². The van der Waals surface area contributed by atoms with Crippen LogP contribution in [0.4, 0.5) is 0 Å². The number of rotatable bonds is 7. The van der Waals surface area contributed by atoms with Gasteiger partial charge in [0, 0.05) is 34.6 Å². The van der Waals surface area contributed by atoms with Crippen molar-refractivity contribution in [2.24, 2.45) is 0 Å². The summed E-state index contributed by atoms with van der Waals surface area (Å²) < 4.78 is 11.8. The molecule has 32 heavy (non-hydrogen) atoms. The first kappa shape index (κ1) is 19.9. The Morgan fingerprint density at radius 2 is 1.81 bits per heavy atom. The van der Waals surface area contributed by atoms with E-state index in [9.17, 15) is 4.79 Å². The Hall–Kier alpha value is -3.99. The third-order valence-electron chi connectivity index (χ3n) is 5.59. The van der Waals surface area contributed by atoms with E-state index in [0.29, 0.717) is 35.8 Å². The number of para-hydroxylation sites is 1. The van der Waals surface area contributed by atoms with E-state index in [1.165, 1.54) is 10.9 Å². The van der Waals surface area contributed by atoms with Gasteiger partial charge in [0.1, 0.15) is 17.1 Å². The van der Waals surface area contributed by atoms with Crippen LogP contribution in [0.5, 0.6) is 5.75 Å². The van der Waals surface area contributed by atoms with Gasteiger partial charge in [-0.1, -0.05) is 48.5 Å². The fourth-order valence-electron chi connectivity index (χ4n) is 4.09. The predicted molar refractivity (Wildman–Crippen MR) is 127 cm³/mol. The highest BCUT2D eigenvalue weighted by molar-refractivity contribution is 6.11. The smallest absolute Gasteiger partial charge is 0.255 e. The van der Waals surface area contributed by atoms with Crippen LogP contribution in [-0.4, -0.2) is 24.0 Å².